The number of aromatic carboxylic acids is 1. The predicted molar refractivity (Wildman–Crippen MR) is 78.0 cm³/mol. The van der Waals surface area contributed by atoms with E-state index in [1.165, 1.54) is 18.3 Å². The van der Waals surface area contributed by atoms with Crippen LogP contribution in [0.15, 0.2) is 41.0 Å². The lowest BCUT2D eigenvalue weighted by atomic mass is 10.1. The number of carboxylic acids is 1. The SMILES string of the molecule is Cc1cc(Br)ccc1C(=O)Nc1ccc(C(=O)O)cn1. The lowest BCUT2D eigenvalue weighted by Gasteiger charge is -2.07. The van der Waals surface area contributed by atoms with Gasteiger partial charge in [-0.1, -0.05) is 15.9 Å². The van der Waals surface area contributed by atoms with Crippen molar-refractivity contribution in [2.24, 2.45) is 0 Å². The predicted octanol–water partition coefficient (Wildman–Crippen LogP) is 3.10. The number of pyridine rings is 1. The second-order valence-electron chi connectivity index (χ2n) is 4.15. The maximum absolute atomic E-state index is 12.1. The third-order valence-electron chi connectivity index (χ3n) is 2.69. The molecule has 0 atom stereocenters. The summed E-state index contributed by atoms with van der Waals surface area (Å²) in [5.41, 5.74) is 1.44. The van der Waals surface area contributed by atoms with Crippen LogP contribution < -0.4 is 5.32 Å². The van der Waals surface area contributed by atoms with Crippen LogP contribution in [0.2, 0.25) is 0 Å². The van der Waals surface area contributed by atoms with Crippen molar-refractivity contribution in [2.45, 2.75) is 6.92 Å². The van der Waals surface area contributed by atoms with Crippen molar-refractivity contribution in [3.05, 3.63) is 57.7 Å². The van der Waals surface area contributed by atoms with Gasteiger partial charge in [-0.3, -0.25) is 4.79 Å². The third-order valence-corrected chi connectivity index (χ3v) is 3.18. The Kier molecular flexibility index (Phi) is 4.14. The molecule has 0 unspecified atom stereocenters. The van der Waals surface area contributed by atoms with Crippen LogP contribution in [0.5, 0.6) is 0 Å². The number of hydrogen-bond acceptors (Lipinski definition) is 3. The highest BCUT2D eigenvalue weighted by molar-refractivity contribution is 9.10. The van der Waals surface area contributed by atoms with Crippen molar-refractivity contribution < 1.29 is 14.7 Å². The number of nitrogens with one attached hydrogen (secondary N) is 1. The van der Waals surface area contributed by atoms with Crippen LogP contribution in [-0.2, 0) is 0 Å². The molecule has 0 saturated heterocycles. The van der Waals surface area contributed by atoms with Crippen molar-refractivity contribution in [1.82, 2.24) is 4.98 Å². The quantitative estimate of drug-likeness (QED) is 0.903. The van der Waals surface area contributed by atoms with Gasteiger partial charge in [0.25, 0.3) is 5.91 Å². The van der Waals surface area contributed by atoms with Crippen molar-refractivity contribution >= 4 is 33.6 Å². The number of benzene rings is 1. The average Bonchev–Trinajstić information content (AvgIpc) is 2.39. The minimum absolute atomic E-state index is 0.0721. The molecule has 102 valence electrons. The van der Waals surface area contributed by atoms with Gasteiger partial charge in [0, 0.05) is 16.2 Å². The molecule has 2 aromatic rings. The van der Waals surface area contributed by atoms with E-state index >= 15 is 0 Å². The molecule has 0 fully saturated rings. The lowest BCUT2D eigenvalue weighted by Crippen LogP contribution is -2.14. The lowest BCUT2D eigenvalue weighted by molar-refractivity contribution is 0.0696. The fourth-order valence-corrected chi connectivity index (χ4v) is 2.14. The van der Waals surface area contributed by atoms with E-state index < -0.39 is 5.97 Å². The van der Waals surface area contributed by atoms with Crippen molar-refractivity contribution in [3.63, 3.8) is 0 Å². The standard InChI is InChI=1S/C14H11BrN2O3/c1-8-6-10(15)3-4-11(8)13(18)17-12-5-2-9(7-16-12)14(19)20/h2-7H,1H3,(H,19,20)(H,16,17,18). The van der Waals surface area contributed by atoms with Crippen LogP contribution in [0, 0.1) is 6.92 Å². The number of aryl methyl sites for hydroxylation is 1. The smallest absolute Gasteiger partial charge is 0.337 e. The van der Waals surface area contributed by atoms with E-state index in [1.807, 2.05) is 13.0 Å². The monoisotopic (exact) mass is 334 g/mol. The Morgan fingerprint density at radius 1 is 1.25 bits per heavy atom. The highest BCUT2D eigenvalue weighted by Crippen LogP contribution is 2.17. The summed E-state index contributed by atoms with van der Waals surface area (Å²) in [7, 11) is 0. The molecule has 2 rings (SSSR count). The van der Waals surface area contributed by atoms with E-state index in [9.17, 15) is 9.59 Å². The topological polar surface area (TPSA) is 79.3 Å². The van der Waals surface area contributed by atoms with Crippen molar-refractivity contribution in [3.8, 4) is 0 Å². The first-order valence-electron chi connectivity index (χ1n) is 5.74. The van der Waals surface area contributed by atoms with Gasteiger partial charge in [0.05, 0.1) is 5.56 Å². The molecule has 1 aromatic carbocycles. The zero-order valence-corrected chi connectivity index (χ0v) is 12.1. The van der Waals surface area contributed by atoms with Crippen LogP contribution >= 0.6 is 15.9 Å². The highest BCUT2D eigenvalue weighted by atomic mass is 79.9. The first kappa shape index (κ1) is 14.2. The Labute approximate surface area is 123 Å². The molecular formula is C14H11BrN2O3. The Bertz CT molecular complexity index is 669. The molecule has 5 nitrogen and oxygen atoms in total. The summed E-state index contributed by atoms with van der Waals surface area (Å²) in [5.74, 6) is -1.04. The van der Waals surface area contributed by atoms with Crippen LogP contribution in [0.4, 0.5) is 5.82 Å². The second-order valence-corrected chi connectivity index (χ2v) is 5.07. The summed E-state index contributed by atoms with van der Waals surface area (Å²) in [6, 6.07) is 8.17. The number of hydrogen-bond donors (Lipinski definition) is 2. The molecule has 0 saturated carbocycles. The van der Waals surface area contributed by atoms with E-state index in [2.05, 4.69) is 26.2 Å². The van der Waals surface area contributed by atoms with Gasteiger partial charge in [-0.2, -0.15) is 0 Å². The highest BCUT2D eigenvalue weighted by Gasteiger charge is 2.10. The van der Waals surface area contributed by atoms with E-state index in [0.717, 1.165) is 10.0 Å². The van der Waals surface area contributed by atoms with Crippen LogP contribution in [0.25, 0.3) is 0 Å². The molecule has 0 bridgehead atoms. The fourth-order valence-electron chi connectivity index (χ4n) is 1.66. The first-order chi connectivity index (χ1) is 9.47. The van der Waals surface area contributed by atoms with Gasteiger partial charge in [-0.05, 0) is 42.8 Å². The molecule has 0 aliphatic heterocycles. The first-order valence-corrected chi connectivity index (χ1v) is 6.53. The molecule has 2 N–H and O–H groups in total. The fraction of sp³-hybridized carbons (Fsp3) is 0.0714. The molecule has 1 heterocycles. The van der Waals surface area contributed by atoms with E-state index in [4.69, 9.17) is 5.11 Å². The maximum atomic E-state index is 12.1. The van der Waals surface area contributed by atoms with Gasteiger partial charge in [0.15, 0.2) is 0 Å². The summed E-state index contributed by atoms with van der Waals surface area (Å²) in [5, 5.41) is 11.4. The molecule has 0 aliphatic rings. The molecule has 6 heteroatoms. The minimum atomic E-state index is -1.06. The normalized spacial score (nSPS) is 10.1. The number of carboxylic acid groups (broad SMARTS) is 1. The maximum Gasteiger partial charge on any atom is 0.337 e. The van der Waals surface area contributed by atoms with Gasteiger partial charge in [-0.15, -0.1) is 0 Å². The Morgan fingerprint density at radius 3 is 2.55 bits per heavy atom. The zero-order valence-electron chi connectivity index (χ0n) is 10.6. The minimum Gasteiger partial charge on any atom is -0.478 e. The summed E-state index contributed by atoms with van der Waals surface area (Å²) in [4.78, 5) is 26.7. The van der Waals surface area contributed by atoms with Crippen molar-refractivity contribution in [1.29, 1.82) is 0 Å². The molecule has 0 radical (unpaired) electrons. The van der Waals surface area contributed by atoms with Crippen molar-refractivity contribution in [2.75, 3.05) is 5.32 Å². The average molecular weight is 335 g/mol. The number of aromatic nitrogens is 1. The Morgan fingerprint density at radius 2 is 2.00 bits per heavy atom. The molecule has 0 aliphatic carbocycles. The number of rotatable bonds is 3. The van der Waals surface area contributed by atoms with Crippen LogP contribution in [0.1, 0.15) is 26.3 Å². The largest absolute Gasteiger partial charge is 0.478 e. The number of halogens is 1. The second kappa shape index (κ2) is 5.83. The third kappa shape index (κ3) is 3.21. The number of carbonyl (C=O) groups excluding carboxylic acids is 1. The Balaban J connectivity index is 2.17. The summed E-state index contributed by atoms with van der Waals surface area (Å²) in [6.45, 7) is 1.83. The van der Waals surface area contributed by atoms with Gasteiger partial charge in [0.2, 0.25) is 0 Å². The molecular weight excluding hydrogens is 324 g/mol. The van der Waals surface area contributed by atoms with Crippen LogP contribution in [0.3, 0.4) is 0 Å². The Hall–Kier alpha value is -2.21. The van der Waals surface area contributed by atoms with Crippen LogP contribution in [-0.4, -0.2) is 22.0 Å². The molecule has 1 amide bonds. The number of amides is 1. The van der Waals surface area contributed by atoms with E-state index in [0.29, 0.717) is 11.4 Å². The van der Waals surface area contributed by atoms with Gasteiger partial charge in [0.1, 0.15) is 5.82 Å². The molecule has 1 aromatic heterocycles. The number of carbonyl (C=O) groups is 2. The van der Waals surface area contributed by atoms with Gasteiger partial charge in [-0.25, -0.2) is 9.78 Å². The van der Waals surface area contributed by atoms with Gasteiger partial charge < -0.3 is 10.4 Å². The zero-order chi connectivity index (χ0) is 14.7. The summed E-state index contributed by atoms with van der Waals surface area (Å²) < 4.78 is 0.899. The summed E-state index contributed by atoms with van der Waals surface area (Å²) in [6.07, 6.45) is 1.20. The van der Waals surface area contributed by atoms with E-state index in [-0.39, 0.29) is 11.5 Å². The number of nitrogens with zero attached hydrogens (tertiary/aromatic N) is 1. The molecule has 0 spiro atoms. The van der Waals surface area contributed by atoms with E-state index in [1.54, 1.807) is 12.1 Å². The molecule has 20 heavy (non-hydrogen) atoms. The number of anilines is 1. The summed E-state index contributed by atoms with van der Waals surface area (Å²) >= 11 is 3.33. The van der Waals surface area contributed by atoms with Gasteiger partial charge >= 0.3 is 5.97 Å².